The molecule has 0 saturated heterocycles. The Balaban J connectivity index is 3.31. The summed E-state index contributed by atoms with van der Waals surface area (Å²) in [6, 6.07) is 2.62. The highest BCUT2D eigenvalue weighted by atomic mass is 19.1. The second-order valence-corrected chi connectivity index (χ2v) is 7.19. The number of rotatable bonds is 2. The Kier molecular flexibility index (Phi) is 5.72. The molecular weight excluding hydrogens is 335 g/mol. The van der Waals surface area contributed by atoms with Crippen molar-refractivity contribution in [2.24, 2.45) is 0 Å². The number of imide groups is 1. The van der Waals surface area contributed by atoms with Gasteiger partial charge in [0.05, 0.1) is 10.6 Å². The second kappa shape index (κ2) is 7.04. The van der Waals surface area contributed by atoms with E-state index < -0.39 is 39.8 Å². The topological polar surface area (TPSA) is 99.0 Å². The number of nitrogens with zero attached hydrogens (tertiary/aromatic N) is 2. The van der Waals surface area contributed by atoms with E-state index in [-0.39, 0.29) is 5.69 Å². The summed E-state index contributed by atoms with van der Waals surface area (Å²) in [6.45, 7) is 9.55. The van der Waals surface area contributed by atoms with Crippen LogP contribution in [0.4, 0.5) is 25.4 Å². The zero-order valence-electron chi connectivity index (χ0n) is 15.0. The fourth-order valence-electron chi connectivity index (χ4n) is 1.68. The van der Waals surface area contributed by atoms with E-state index in [9.17, 15) is 24.1 Å². The number of carbonyl (C=O) groups is 2. The maximum absolute atomic E-state index is 13.9. The van der Waals surface area contributed by atoms with E-state index in [1.807, 2.05) is 0 Å². The number of hydrogen-bond acceptors (Lipinski definition) is 6. The van der Waals surface area contributed by atoms with Gasteiger partial charge in [0.2, 0.25) is 5.82 Å². The minimum absolute atomic E-state index is 0.244. The van der Waals surface area contributed by atoms with Crippen LogP contribution < -0.4 is 4.90 Å². The van der Waals surface area contributed by atoms with E-state index in [0.717, 1.165) is 12.1 Å². The van der Waals surface area contributed by atoms with E-state index in [1.54, 1.807) is 41.5 Å². The van der Waals surface area contributed by atoms with Gasteiger partial charge in [-0.2, -0.15) is 9.29 Å². The minimum Gasteiger partial charge on any atom is -0.443 e. The lowest BCUT2D eigenvalue weighted by molar-refractivity contribution is -0.387. The molecule has 1 rings (SSSR count). The molecule has 0 saturated carbocycles. The molecule has 0 atom stereocenters. The molecule has 0 radical (unpaired) electrons. The Morgan fingerprint density at radius 3 is 1.80 bits per heavy atom. The Hall–Kier alpha value is -2.71. The summed E-state index contributed by atoms with van der Waals surface area (Å²) in [5, 5.41) is 10.7. The molecule has 138 valence electrons. The van der Waals surface area contributed by atoms with E-state index in [1.165, 1.54) is 0 Å². The van der Waals surface area contributed by atoms with Gasteiger partial charge in [-0.1, -0.05) is 0 Å². The van der Waals surface area contributed by atoms with Gasteiger partial charge in [-0.05, 0) is 47.6 Å². The lowest BCUT2D eigenvalue weighted by atomic mass is 10.2. The van der Waals surface area contributed by atoms with Gasteiger partial charge in [0.25, 0.3) is 0 Å². The molecule has 0 spiro atoms. The molecule has 1 aromatic carbocycles. The van der Waals surface area contributed by atoms with Gasteiger partial charge in [-0.25, -0.2) is 9.59 Å². The number of nitro groups is 1. The highest BCUT2D eigenvalue weighted by Crippen LogP contribution is 2.26. The van der Waals surface area contributed by atoms with Crippen LogP contribution in [0.5, 0.6) is 0 Å². The summed E-state index contributed by atoms with van der Waals surface area (Å²) in [6.07, 6.45) is -2.18. The van der Waals surface area contributed by atoms with Crippen LogP contribution in [-0.2, 0) is 9.47 Å². The molecule has 0 fully saturated rings. The zero-order valence-corrected chi connectivity index (χ0v) is 15.0. The molecule has 0 aliphatic carbocycles. The SMILES string of the molecule is CC(C)(C)OC(=O)N(C(=O)OC(C)(C)C)c1ccc([N+](=O)[O-])c(F)c1. The predicted octanol–water partition coefficient (Wildman–Crippen LogP) is 4.41. The van der Waals surface area contributed by atoms with E-state index in [0.29, 0.717) is 11.0 Å². The van der Waals surface area contributed by atoms with Crippen molar-refractivity contribution >= 4 is 23.6 Å². The van der Waals surface area contributed by atoms with Crippen LogP contribution in [0.15, 0.2) is 18.2 Å². The molecule has 0 aromatic heterocycles. The average molecular weight is 356 g/mol. The Labute approximate surface area is 144 Å². The van der Waals surface area contributed by atoms with Crippen molar-refractivity contribution in [1.29, 1.82) is 0 Å². The first kappa shape index (κ1) is 20.3. The maximum atomic E-state index is 13.9. The fourth-order valence-corrected chi connectivity index (χ4v) is 1.68. The van der Waals surface area contributed by atoms with E-state index >= 15 is 0 Å². The molecule has 9 heteroatoms. The first-order chi connectivity index (χ1) is 11.2. The molecule has 8 nitrogen and oxygen atoms in total. The smallest absolute Gasteiger partial charge is 0.424 e. The normalized spacial score (nSPS) is 11.6. The average Bonchev–Trinajstić information content (AvgIpc) is 2.33. The van der Waals surface area contributed by atoms with Crippen LogP contribution in [-0.4, -0.2) is 28.3 Å². The molecule has 0 aliphatic heterocycles. The van der Waals surface area contributed by atoms with Gasteiger partial charge < -0.3 is 9.47 Å². The number of amides is 2. The fraction of sp³-hybridized carbons (Fsp3) is 0.500. The molecule has 1 aromatic rings. The lowest BCUT2D eigenvalue weighted by Gasteiger charge is -2.28. The van der Waals surface area contributed by atoms with Crippen LogP contribution >= 0.6 is 0 Å². The van der Waals surface area contributed by atoms with Gasteiger partial charge in [-0.15, -0.1) is 0 Å². The van der Waals surface area contributed by atoms with Crippen molar-refractivity contribution in [3.8, 4) is 0 Å². The number of ether oxygens (including phenoxy) is 2. The third-order valence-corrected chi connectivity index (χ3v) is 2.54. The second-order valence-electron chi connectivity index (χ2n) is 7.19. The summed E-state index contributed by atoms with van der Waals surface area (Å²) < 4.78 is 24.2. The van der Waals surface area contributed by atoms with Gasteiger partial charge in [0.15, 0.2) is 0 Å². The van der Waals surface area contributed by atoms with Gasteiger partial charge >= 0.3 is 17.9 Å². The molecule has 0 unspecified atom stereocenters. The van der Waals surface area contributed by atoms with Crippen molar-refractivity contribution in [2.45, 2.75) is 52.7 Å². The van der Waals surface area contributed by atoms with E-state index in [4.69, 9.17) is 9.47 Å². The molecule has 25 heavy (non-hydrogen) atoms. The number of benzene rings is 1. The summed E-state index contributed by atoms with van der Waals surface area (Å²) in [5.74, 6) is -1.19. The minimum atomic E-state index is -1.19. The molecule has 0 heterocycles. The number of anilines is 1. The maximum Gasteiger partial charge on any atom is 0.424 e. The molecule has 2 amide bonds. The summed E-state index contributed by atoms with van der Waals surface area (Å²) in [7, 11) is 0. The van der Waals surface area contributed by atoms with Crippen LogP contribution in [0.2, 0.25) is 0 Å². The number of halogens is 1. The Bertz CT molecular complexity index is 663. The Morgan fingerprint density at radius 2 is 1.48 bits per heavy atom. The first-order valence-electron chi connectivity index (χ1n) is 7.41. The van der Waals surface area contributed by atoms with Crippen molar-refractivity contribution in [2.75, 3.05) is 4.90 Å². The van der Waals surface area contributed by atoms with Crippen molar-refractivity contribution in [3.05, 3.63) is 34.1 Å². The molecule has 0 N–H and O–H groups in total. The monoisotopic (exact) mass is 356 g/mol. The van der Waals surface area contributed by atoms with Crippen LogP contribution in [0.25, 0.3) is 0 Å². The van der Waals surface area contributed by atoms with Gasteiger partial charge in [0.1, 0.15) is 11.2 Å². The Morgan fingerprint density at radius 1 is 1.04 bits per heavy atom. The van der Waals surface area contributed by atoms with Crippen molar-refractivity contribution in [3.63, 3.8) is 0 Å². The van der Waals surface area contributed by atoms with Gasteiger partial charge in [-0.3, -0.25) is 10.1 Å². The van der Waals surface area contributed by atoms with Crippen LogP contribution in [0.1, 0.15) is 41.5 Å². The molecular formula is C16H21FN2O6. The number of nitro benzene ring substituents is 1. The summed E-state index contributed by atoms with van der Waals surface area (Å²) >= 11 is 0. The van der Waals surface area contributed by atoms with Crippen LogP contribution in [0.3, 0.4) is 0 Å². The van der Waals surface area contributed by atoms with Gasteiger partial charge in [0, 0.05) is 12.1 Å². The largest absolute Gasteiger partial charge is 0.443 e. The van der Waals surface area contributed by atoms with Crippen molar-refractivity contribution < 1.29 is 28.4 Å². The summed E-state index contributed by atoms with van der Waals surface area (Å²) in [5.41, 5.74) is -2.86. The zero-order chi connectivity index (χ0) is 19.6. The number of carbonyl (C=O) groups excluding carboxylic acids is 2. The highest BCUT2D eigenvalue weighted by molar-refractivity contribution is 6.09. The van der Waals surface area contributed by atoms with E-state index in [2.05, 4.69) is 0 Å². The standard InChI is InChI=1S/C16H21FN2O6/c1-15(2,3)24-13(20)18(14(21)25-16(4,5)6)10-7-8-12(19(22)23)11(17)9-10/h7-9H,1-6H3. The first-order valence-corrected chi connectivity index (χ1v) is 7.41. The quantitative estimate of drug-likeness (QED) is 0.575. The number of hydrogen-bond donors (Lipinski definition) is 0. The third-order valence-electron chi connectivity index (χ3n) is 2.54. The highest BCUT2D eigenvalue weighted by Gasteiger charge is 2.33. The van der Waals surface area contributed by atoms with Crippen molar-refractivity contribution in [1.82, 2.24) is 0 Å². The van der Waals surface area contributed by atoms with Crippen LogP contribution in [0, 0.1) is 15.9 Å². The lowest BCUT2D eigenvalue weighted by Crippen LogP contribution is -2.43. The molecule has 0 bridgehead atoms. The summed E-state index contributed by atoms with van der Waals surface area (Å²) in [4.78, 5) is 35.0. The predicted molar refractivity (Wildman–Crippen MR) is 88.0 cm³/mol. The third kappa shape index (κ3) is 6.02. The molecule has 0 aliphatic rings.